The molecule has 0 aromatic rings. The monoisotopic (exact) mass is 88.1 g/mol. The third kappa shape index (κ3) is 0.954. The fraction of sp³-hybridized carbons (Fsp3) is 1.00. The van der Waals surface area contributed by atoms with Gasteiger partial charge >= 0.3 is 0 Å². The van der Waals surface area contributed by atoms with Gasteiger partial charge in [0.15, 0.2) is 0 Å². The van der Waals surface area contributed by atoms with Gasteiger partial charge in [-0.2, -0.15) is 0 Å². The molecule has 1 aliphatic rings. The van der Waals surface area contributed by atoms with E-state index < -0.39 is 0 Å². The van der Waals surface area contributed by atoms with E-state index in [-0.39, 0.29) is 6.52 Å². The Kier molecular flexibility index (Phi) is 1.08. The van der Waals surface area contributed by atoms with Gasteiger partial charge < -0.3 is 10.6 Å². The number of rotatable bonds is 0. The molecule has 2 N–H and O–H groups in total. The molecule has 1 rings (SSSR count). The van der Waals surface area contributed by atoms with Crippen molar-refractivity contribution in [2.24, 2.45) is 0 Å². The van der Waals surface area contributed by atoms with Crippen LogP contribution in [0.2, 0.25) is 0 Å². The first-order valence-electron chi connectivity index (χ1n) is 2.83. The Morgan fingerprint density at radius 2 is 2.00 bits per heavy atom. The van der Waals surface area contributed by atoms with E-state index >= 15 is 0 Å². The first-order valence-corrected chi connectivity index (χ1v) is 2.26. The normalized spacial score (nSPS) is 38.7. The lowest BCUT2D eigenvalue weighted by molar-refractivity contribution is 0.534. The average Bonchev–Trinajstić information content (AvgIpc) is 1.69. The van der Waals surface area contributed by atoms with Gasteiger partial charge in [0.05, 0.1) is 0 Å². The third-order valence-corrected chi connectivity index (χ3v) is 0.837. The van der Waals surface area contributed by atoms with E-state index in [0.29, 0.717) is 0 Å². The van der Waals surface area contributed by atoms with Crippen LogP contribution in [0.3, 0.4) is 0 Å². The summed E-state index contributed by atoms with van der Waals surface area (Å²) in [6.45, 7) is 2.66. The SMILES string of the molecule is [3H]C1CNCCN1. The summed E-state index contributed by atoms with van der Waals surface area (Å²) in [6, 6.07) is 0. The molecule has 0 radical (unpaired) electrons. The van der Waals surface area contributed by atoms with Crippen molar-refractivity contribution in [3.63, 3.8) is 0 Å². The van der Waals surface area contributed by atoms with E-state index in [4.69, 9.17) is 1.37 Å². The first kappa shape index (κ1) is 2.99. The van der Waals surface area contributed by atoms with Crippen LogP contribution in [0.4, 0.5) is 0 Å². The predicted molar refractivity (Wildman–Crippen MR) is 25.7 cm³/mol. The Labute approximate surface area is 39.3 Å². The van der Waals surface area contributed by atoms with Crippen LogP contribution in [0.15, 0.2) is 0 Å². The Morgan fingerprint density at radius 1 is 1.17 bits per heavy atom. The highest BCUT2D eigenvalue weighted by Gasteiger charge is 1.91. The van der Waals surface area contributed by atoms with E-state index in [1.807, 2.05) is 0 Å². The molecule has 2 nitrogen and oxygen atoms in total. The lowest BCUT2D eigenvalue weighted by Crippen LogP contribution is -2.39. The van der Waals surface area contributed by atoms with Gasteiger partial charge in [-0.1, -0.05) is 0 Å². The Balaban J connectivity index is 2.12. The topological polar surface area (TPSA) is 24.1 Å². The molecule has 1 saturated heterocycles. The molecule has 6 heavy (non-hydrogen) atoms. The first-order chi connectivity index (χ1) is 3.39. The van der Waals surface area contributed by atoms with Crippen LogP contribution >= 0.6 is 0 Å². The van der Waals surface area contributed by atoms with Crippen LogP contribution in [-0.4, -0.2) is 26.2 Å². The summed E-state index contributed by atoms with van der Waals surface area (Å²) >= 11 is 0. The van der Waals surface area contributed by atoms with Gasteiger partial charge in [-0.05, 0) is 0 Å². The average molecular weight is 88.1 g/mol. The van der Waals surface area contributed by atoms with E-state index in [9.17, 15) is 0 Å². The Hall–Kier alpha value is -0.0800. The van der Waals surface area contributed by atoms with Crippen LogP contribution in [0.5, 0.6) is 0 Å². The summed E-state index contributed by atoms with van der Waals surface area (Å²) in [7, 11) is 0. The van der Waals surface area contributed by atoms with Crippen molar-refractivity contribution >= 4 is 0 Å². The minimum Gasteiger partial charge on any atom is -0.314 e. The number of piperazine rings is 1. The van der Waals surface area contributed by atoms with Crippen molar-refractivity contribution < 1.29 is 1.37 Å². The standard InChI is InChI=1S/C4H10N2/c1-2-6-4-3-5-1/h5-6H,1-4H2/i1T. The third-order valence-electron chi connectivity index (χ3n) is 0.837. The number of nitrogens with one attached hydrogen (secondary N) is 2. The second kappa shape index (κ2) is 2.16. The van der Waals surface area contributed by atoms with Gasteiger partial charge in [0, 0.05) is 27.5 Å². The fourth-order valence-electron chi connectivity index (χ4n) is 0.509. The van der Waals surface area contributed by atoms with Gasteiger partial charge in [0.25, 0.3) is 0 Å². The summed E-state index contributed by atoms with van der Waals surface area (Å²) in [5.74, 6) is 0. The van der Waals surface area contributed by atoms with E-state index in [2.05, 4.69) is 10.6 Å². The maximum atomic E-state index is 7.10. The van der Waals surface area contributed by atoms with Crippen LogP contribution in [-0.2, 0) is 0 Å². The molecule has 0 aromatic heterocycles. The number of hydrogen-bond donors (Lipinski definition) is 2. The summed E-state index contributed by atoms with van der Waals surface area (Å²) in [4.78, 5) is 0. The summed E-state index contributed by atoms with van der Waals surface area (Å²) < 4.78 is 7.10. The maximum absolute atomic E-state index is 7.10. The lowest BCUT2D eigenvalue weighted by atomic mass is 10.4. The molecule has 0 bridgehead atoms. The largest absolute Gasteiger partial charge is 0.314 e. The molecule has 0 saturated carbocycles. The molecule has 1 heterocycles. The quantitative estimate of drug-likeness (QED) is 0.404. The summed E-state index contributed by atoms with van der Waals surface area (Å²) in [5, 5.41) is 6.07. The van der Waals surface area contributed by atoms with Crippen LogP contribution in [0.1, 0.15) is 1.37 Å². The van der Waals surface area contributed by atoms with E-state index in [1.165, 1.54) is 0 Å². The predicted octanol–water partition coefficient (Wildman–Crippen LogP) is -0.821. The fourth-order valence-corrected chi connectivity index (χ4v) is 0.509. The highest BCUT2D eigenvalue weighted by molar-refractivity contribution is 4.59. The van der Waals surface area contributed by atoms with Crippen molar-refractivity contribution in [2.45, 2.75) is 0 Å². The summed E-state index contributed by atoms with van der Waals surface area (Å²) in [5.41, 5.74) is 0. The molecule has 0 amide bonds. The van der Waals surface area contributed by atoms with Crippen molar-refractivity contribution in [2.75, 3.05) is 26.2 Å². The minimum atomic E-state index is -0.0752. The second-order valence-corrected chi connectivity index (χ2v) is 1.36. The zero-order chi connectivity index (χ0) is 5.11. The van der Waals surface area contributed by atoms with Crippen molar-refractivity contribution in [1.82, 2.24) is 10.6 Å². The molecule has 2 heteroatoms. The summed E-state index contributed by atoms with van der Waals surface area (Å²) in [6.07, 6.45) is 0. The number of hydrogen-bond acceptors (Lipinski definition) is 2. The lowest BCUT2D eigenvalue weighted by Gasteiger charge is -2.11. The molecule has 1 unspecified atom stereocenters. The van der Waals surface area contributed by atoms with Gasteiger partial charge in [0.2, 0.25) is 0 Å². The van der Waals surface area contributed by atoms with Crippen LogP contribution in [0.25, 0.3) is 0 Å². The Bertz CT molecular complexity index is 51.7. The van der Waals surface area contributed by atoms with E-state index in [1.54, 1.807) is 0 Å². The van der Waals surface area contributed by atoms with Gasteiger partial charge in [-0.3, -0.25) is 0 Å². The smallest absolute Gasteiger partial charge is 0.0441 e. The molecular formula is C4H10N2. The zero-order valence-corrected chi connectivity index (χ0v) is 3.70. The molecule has 0 aromatic carbocycles. The van der Waals surface area contributed by atoms with Crippen molar-refractivity contribution in [3.05, 3.63) is 0 Å². The van der Waals surface area contributed by atoms with Gasteiger partial charge in [-0.15, -0.1) is 0 Å². The molecule has 36 valence electrons. The Morgan fingerprint density at radius 3 is 2.33 bits per heavy atom. The maximum Gasteiger partial charge on any atom is 0.0441 e. The van der Waals surface area contributed by atoms with Crippen molar-refractivity contribution in [3.8, 4) is 0 Å². The minimum absolute atomic E-state index is 0.0752. The highest BCUT2D eigenvalue weighted by atomic mass is 15.0. The van der Waals surface area contributed by atoms with Crippen LogP contribution < -0.4 is 10.6 Å². The van der Waals surface area contributed by atoms with Crippen LogP contribution in [0, 0.1) is 0 Å². The van der Waals surface area contributed by atoms with Crippen molar-refractivity contribution in [1.29, 1.82) is 0 Å². The van der Waals surface area contributed by atoms with Gasteiger partial charge in [0.1, 0.15) is 0 Å². The molecule has 1 fully saturated rings. The molecule has 1 aliphatic heterocycles. The molecular weight excluding hydrogens is 76.1 g/mol. The molecule has 0 aliphatic carbocycles. The second-order valence-electron chi connectivity index (χ2n) is 1.36. The highest BCUT2D eigenvalue weighted by Crippen LogP contribution is 1.65. The van der Waals surface area contributed by atoms with E-state index in [0.717, 1.165) is 19.6 Å². The van der Waals surface area contributed by atoms with Gasteiger partial charge in [-0.25, -0.2) is 0 Å². The molecule has 0 spiro atoms. The zero-order valence-electron chi connectivity index (χ0n) is 4.70. The molecule has 1 atom stereocenters.